The van der Waals surface area contributed by atoms with Gasteiger partial charge in [0.05, 0.1) is 16.9 Å². The maximum absolute atomic E-state index is 12.8. The second kappa shape index (κ2) is 3.10. The lowest BCUT2D eigenvalue weighted by atomic mass is 10.4. The van der Waals surface area contributed by atoms with Gasteiger partial charge in [-0.3, -0.25) is 0 Å². The van der Waals surface area contributed by atoms with E-state index in [4.69, 9.17) is 16.7 Å². The first-order chi connectivity index (χ1) is 5.54. The summed E-state index contributed by atoms with van der Waals surface area (Å²) in [6.07, 6.45) is -0.968. The Morgan fingerprint density at radius 1 is 1.92 bits per heavy atom. The maximum Gasteiger partial charge on any atom is 0.361 e. The highest BCUT2D eigenvalue weighted by molar-refractivity contribution is 6.31. The fraction of sp³-hybridized carbons (Fsp3) is 0.333. The van der Waals surface area contributed by atoms with Gasteiger partial charge >= 0.3 is 5.97 Å². The number of nitrogens with zero attached hydrogens (tertiary/aromatic N) is 2. The molecule has 1 aromatic rings. The summed E-state index contributed by atoms with van der Waals surface area (Å²) in [5.41, 5.74) is 0.298. The monoisotopic (exact) mass is 192 g/mol. The lowest BCUT2D eigenvalue weighted by Crippen LogP contribution is -2.16. The first-order valence-electron chi connectivity index (χ1n) is 3.10. The maximum atomic E-state index is 12.8. The highest BCUT2D eigenvalue weighted by Crippen LogP contribution is 2.18. The lowest BCUT2D eigenvalue weighted by molar-refractivity contribution is -0.147. The van der Waals surface area contributed by atoms with Crippen LogP contribution >= 0.6 is 11.6 Å². The van der Waals surface area contributed by atoms with Gasteiger partial charge < -0.3 is 5.11 Å². The molecule has 0 amide bonds. The molecule has 66 valence electrons. The van der Waals surface area contributed by atoms with Gasteiger partial charge in [0.15, 0.2) is 0 Å². The summed E-state index contributed by atoms with van der Waals surface area (Å²) in [5.74, 6) is -1.59. The van der Waals surface area contributed by atoms with E-state index in [9.17, 15) is 9.18 Å². The highest BCUT2D eigenvalue weighted by Gasteiger charge is 2.21. The van der Waals surface area contributed by atoms with Crippen LogP contribution in [0.2, 0.25) is 5.02 Å². The van der Waals surface area contributed by atoms with Crippen LogP contribution < -0.4 is 0 Å². The molecule has 1 rings (SSSR count). The Labute approximate surface area is 72.6 Å². The molecule has 0 radical (unpaired) electrons. The Kier molecular flexibility index (Phi) is 2.32. The molecule has 0 spiro atoms. The molecular formula is C6H6ClFN2O2. The predicted octanol–water partition coefficient (Wildman–Crippen LogP) is 1.40. The number of carboxylic acid groups (broad SMARTS) is 1. The first-order valence-corrected chi connectivity index (χ1v) is 3.48. The van der Waals surface area contributed by atoms with Gasteiger partial charge in [0.1, 0.15) is 0 Å². The van der Waals surface area contributed by atoms with Gasteiger partial charge in [-0.05, 0) is 6.92 Å². The van der Waals surface area contributed by atoms with Crippen molar-refractivity contribution in [1.82, 2.24) is 9.78 Å². The number of rotatable bonds is 2. The molecule has 0 saturated carbocycles. The van der Waals surface area contributed by atoms with Crippen LogP contribution in [-0.2, 0) is 4.79 Å². The van der Waals surface area contributed by atoms with Gasteiger partial charge in [-0.1, -0.05) is 11.6 Å². The number of halogens is 2. The van der Waals surface area contributed by atoms with Crippen LogP contribution in [0.25, 0.3) is 0 Å². The fourth-order valence-electron chi connectivity index (χ4n) is 0.735. The van der Waals surface area contributed by atoms with Crippen molar-refractivity contribution in [2.75, 3.05) is 0 Å². The van der Waals surface area contributed by atoms with E-state index in [0.29, 0.717) is 10.4 Å². The molecule has 0 saturated heterocycles. The molecule has 0 aromatic carbocycles. The van der Waals surface area contributed by atoms with Crippen LogP contribution in [-0.4, -0.2) is 20.9 Å². The minimum atomic E-state index is -2.17. The summed E-state index contributed by atoms with van der Waals surface area (Å²) in [7, 11) is 0. The summed E-state index contributed by atoms with van der Waals surface area (Å²) >= 11 is 5.54. The Balaban J connectivity index is 3.03. The number of aliphatic carboxylic acids is 1. The topological polar surface area (TPSA) is 55.1 Å². The van der Waals surface area contributed by atoms with Crippen molar-refractivity contribution in [2.45, 2.75) is 13.2 Å². The van der Waals surface area contributed by atoms with Gasteiger partial charge in [-0.15, -0.1) is 0 Å². The average Bonchev–Trinajstić information content (AvgIpc) is 2.32. The molecule has 0 fully saturated rings. The smallest absolute Gasteiger partial charge is 0.361 e. The van der Waals surface area contributed by atoms with Crippen LogP contribution in [0.1, 0.15) is 12.0 Å². The SMILES string of the molecule is Cc1c(Cl)cnn1C(F)C(=O)O. The fourth-order valence-corrected chi connectivity index (χ4v) is 0.866. The number of hydrogen-bond acceptors (Lipinski definition) is 2. The van der Waals surface area contributed by atoms with E-state index in [-0.39, 0.29) is 5.02 Å². The average molecular weight is 193 g/mol. The number of alkyl halides is 1. The third-order valence-corrected chi connectivity index (χ3v) is 1.77. The zero-order valence-corrected chi connectivity index (χ0v) is 6.92. The molecule has 12 heavy (non-hydrogen) atoms. The quantitative estimate of drug-likeness (QED) is 0.771. The van der Waals surface area contributed by atoms with Crippen molar-refractivity contribution < 1.29 is 14.3 Å². The number of carbonyl (C=O) groups is 1. The molecular weight excluding hydrogens is 187 g/mol. The molecule has 1 aromatic heterocycles. The zero-order valence-electron chi connectivity index (χ0n) is 6.16. The van der Waals surface area contributed by atoms with Crippen LogP contribution in [0.15, 0.2) is 6.20 Å². The van der Waals surface area contributed by atoms with E-state index < -0.39 is 12.3 Å². The summed E-state index contributed by atoms with van der Waals surface area (Å²) in [4.78, 5) is 10.2. The minimum Gasteiger partial charge on any atom is -0.478 e. The molecule has 1 heterocycles. The number of hydrogen-bond donors (Lipinski definition) is 1. The first kappa shape index (κ1) is 8.99. The standard InChI is InChI=1S/C6H6ClFN2O2/c1-3-4(7)2-9-10(3)5(8)6(11)12/h2,5H,1H3,(H,11,12). The Bertz CT molecular complexity index is 312. The molecule has 4 nitrogen and oxygen atoms in total. The third kappa shape index (κ3) is 1.40. The summed E-state index contributed by atoms with van der Waals surface area (Å²) in [5, 5.41) is 12.0. The molecule has 1 unspecified atom stereocenters. The Morgan fingerprint density at radius 3 is 2.83 bits per heavy atom. The van der Waals surface area contributed by atoms with E-state index in [1.165, 1.54) is 13.1 Å². The Morgan fingerprint density at radius 2 is 2.50 bits per heavy atom. The molecule has 6 heteroatoms. The Hall–Kier alpha value is -1.10. The van der Waals surface area contributed by atoms with E-state index in [1.54, 1.807) is 0 Å². The van der Waals surface area contributed by atoms with Gasteiger partial charge in [0.25, 0.3) is 6.30 Å². The van der Waals surface area contributed by atoms with Crippen molar-refractivity contribution in [3.05, 3.63) is 16.9 Å². The molecule has 1 atom stereocenters. The molecule has 1 N–H and O–H groups in total. The van der Waals surface area contributed by atoms with Gasteiger partial charge in [-0.25, -0.2) is 13.9 Å². The molecule has 0 bridgehead atoms. The second-order valence-corrected chi connectivity index (χ2v) is 2.60. The van der Waals surface area contributed by atoms with Gasteiger partial charge in [0, 0.05) is 0 Å². The van der Waals surface area contributed by atoms with E-state index in [1.807, 2.05) is 0 Å². The largest absolute Gasteiger partial charge is 0.478 e. The molecule has 0 aliphatic carbocycles. The zero-order chi connectivity index (χ0) is 9.30. The van der Waals surface area contributed by atoms with Crippen LogP contribution in [0, 0.1) is 6.92 Å². The number of aromatic nitrogens is 2. The predicted molar refractivity (Wildman–Crippen MR) is 39.8 cm³/mol. The van der Waals surface area contributed by atoms with Crippen LogP contribution in [0.4, 0.5) is 4.39 Å². The second-order valence-electron chi connectivity index (χ2n) is 2.20. The van der Waals surface area contributed by atoms with Gasteiger partial charge in [-0.2, -0.15) is 5.10 Å². The molecule has 0 aliphatic heterocycles. The van der Waals surface area contributed by atoms with E-state index >= 15 is 0 Å². The van der Waals surface area contributed by atoms with Crippen LogP contribution in [0.3, 0.4) is 0 Å². The van der Waals surface area contributed by atoms with Crippen molar-refractivity contribution in [3.8, 4) is 0 Å². The van der Waals surface area contributed by atoms with Crippen LogP contribution in [0.5, 0.6) is 0 Å². The highest BCUT2D eigenvalue weighted by atomic mass is 35.5. The lowest BCUT2D eigenvalue weighted by Gasteiger charge is -2.04. The summed E-state index contributed by atoms with van der Waals surface area (Å²) < 4.78 is 13.5. The normalized spacial score (nSPS) is 12.9. The van der Waals surface area contributed by atoms with Gasteiger partial charge in [0.2, 0.25) is 0 Å². The number of carboxylic acids is 1. The van der Waals surface area contributed by atoms with Crippen molar-refractivity contribution in [2.24, 2.45) is 0 Å². The molecule has 0 aliphatic rings. The summed E-state index contributed by atoms with van der Waals surface area (Å²) in [6, 6.07) is 0. The third-order valence-electron chi connectivity index (χ3n) is 1.40. The van der Waals surface area contributed by atoms with Crippen molar-refractivity contribution in [1.29, 1.82) is 0 Å². The van der Waals surface area contributed by atoms with E-state index in [2.05, 4.69) is 5.10 Å². The van der Waals surface area contributed by atoms with E-state index in [0.717, 1.165) is 0 Å². The van der Waals surface area contributed by atoms with Crippen molar-refractivity contribution >= 4 is 17.6 Å². The summed E-state index contributed by atoms with van der Waals surface area (Å²) in [6.45, 7) is 1.49. The van der Waals surface area contributed by atoms with Crippen molar-refractivity contribution in [3.63, 3.8) is 0 Å². The minimum absolute atomic E-state index is 0.249.